The lowest BCUT2D eigenvalue weighted by molar-refractivity contribution is -0.135. The van der Waals surface area contributed by atoms with Crippen LogP contribution in [0.2, 0.25) is 0 Å². The van der Waals surface area contributed by atoms with Gasteiger partial charge in [-0.1, -0.05) is 13.8 Å². The van der Waals surface area contributed by atoms with Gasteiger partial charge in [0, 0.05) is 5.41 Å². The molecule has 0 aromatic carbocycles. The van der Waals surface area contributed by atoms with E-state index in [0.717, 1.165) is 0 Å². The highest BCUT2D eigenvalue weighted by Crippen LogP contribution is 2.10. The van der Waals surface area contributed by atoms with Gasteiger partial charge >= 0.3 is 5.97 Å². The summed E-state index contributed by atoms with van der Waals surface area (Å²) in [6.45, 7) is 2.68. The van der Waals surface area contributed by atoms with E-state index in [2.05, 4.69) is 5.73 Å². The Labute approximate surface area is 106 Å². The first-order valence-corrected chi connectivity index (χ1v) is 5.24. The summed E-state index contributed by atoms with van der Waals surface area (Å²) in [7, 11) is 0. The molecule has 0 aromatic rings. The van der Waals surface area contributed by atoms with Gasteiger partial charge in [-0.2, -0.15) is 0 Å². The smallest absolute Gasteiger partial charge is 0.317 e. The third kappa shape index (κ3) is 24.5. The van der Waals surface area contributed by atoms with Gasteiger partial charge in [0.2, 0.25) is 0 Å². The van der Waals surface area contributed by atoms with Crippen LogP contribution in [0.5, 0.6) is 0 Å². The van der Waals surface area contributed by atoms with Crippen LogP contribution < -0.4 is 5.73 Å². The van der Waals surface area contributed by atoms with Crippen LogP contribution in [-0.4, -0.2) is 75.7 Å². The Morgan fingerprint density at radius 2 is 1.39 bits per heavy atom. The summed E-state index contributed by atoms with van der Waals surface area (Å²) in [5.74, 6) is -0.968. The van der Waals surface area contributed by atoms with E-state index in [9.17, 15) is 4.79 Å². The van der Waals surface area contributed by atoms with E-state index in [-0.39, 0.29) is 38.4 Å². The van der Waals surface area contributed by atoms with E-state index in [0.29, 0.717) is 0 Å². The molecule has 0 aliphatic carbocycles. The molecule has 0 aromatic heterocycles. The number of nitrogens with two attached hydrogens (primary N) is 1. The van der Waals surface area contributed by atoms with Crippen LogP contribution >= 0.6 is 0 Å². The van der Waals surface area contributed by atoms with E-state index in [4.69, 9.17) is 30.6 Å². The molecule has 0 saturated heterocycles. The normalized spacial score (nSPS) is 10.1. The first kappa shape index (κ1) is 22.4. The highest BCUT2D eigenvalue weighted by atomic mass is 16.4. The molecule has 0 heterocycles. The van der Waals surface area contributed by atoms with Crippen molar-refractivity contribution in [1.82, 2.24) is 0 Å². The van der Waals surface area contributed by atoms with Crippen molar-refractivity contribution in [2.75, 3.05) is 33.0 Å². The molecule has 0 rings (SSSR count). The molecule has 8 N–H and O–H groups in total. The monoisotopic (exact) mass is 271 g/mol. The van der Waals surface area contributed by atoms with Crippen LogP contribution in [0, 0.1) is 5.41 Å². The maximum atomic E-state index is 9.24. The molecule has 0 spiro atoms. The van der Waals surface area contributed by atoms with Gasteiger partial charge in [-0.05, 0) is 0 Å². The molecule has 0 bridgehead atoms. The molecular formula is C10H25NO7. The van der Waals surface area contributed by atoms with Crippen LogP contribution in [0.3, 0.4) is 0 Å². The number of rotatable bonds is 5. The summed E-state index contributed by atoms with van der Waals surface area (Å²) in [6, 6.07) is 0. The molecule has 8 heteroatoms. The number of aliphatic carboxylic acids is 1. The van der Waals surface area contributed by atoms with Crippen molar-refractivity contribution in [3.8, 4) is 0 Å². The van der Waals surface area contributed by atoms with E-state index < -0.39 is 12.1 Å². The Morgan fingerprint density at radius 3 is 1.39 bits per heavy atom. The fourth-order valence-electron chi connectivity index (χ4n) is 0.108. The highest BCUT2D eigenvalue weighted by Gasteiger charge is 2.13. The van der Waals surface area contributed by atoms with Gasteiger partial charge in [0.05, 0.1) is 33.0 Å². The lowest BCUT2D eigenvalue weighted by Gasteiger charge is -2.16. The van der Waals surface area contributed by atoms with E-state index in [1.54, 1.807) is 13.8 Å². The number of hydrogen-bond acceptors (Lipinski definition) is 7. The van der Waals surface area contributed by atoms with Gasteiger partial charge in [0.15, 0.2) is 0 Å². The molecular weight excluding hydrogens is 246 g/mol. The zero-order valence-electron chi connectivity index (χ0n) is 10.8. The van der Waals surface area contributed by atoms with E-state index in [1.165, 1.54) is 0 Å². The van der Waals surface area contributed by atoms with Crippen molar-refractivity contribution >= 4 is 5.97 Å². The molecule has 0 aliphatic rings. The van der Waals surface area contributed by atoms with Gasteiger partial charge in [-0.15, -0.1) is 0 Å². The number of aliphatic hydroxyl groups excluding tert-OH is 5. The van der Waals surface area contributed by atoms with E-state index >= 15 is 0 Å². The Bertz CT molecular complexity index is 177. The largest absolute Gasteiger partial charge is 0.480 e. The summed E-state index contributed by atoms with van der Waals surface area (Å²) in [6.07, 6.45) is -0.954. The predicted molar refractivity (Wildman–Crippen MR) is 64.8 cm³/mol. The minimum Gasteiger partial charge on any atom is -0.480 e. The second-order valence-corrected chi connectivity index (χ2v) is 4.10. The number of hydrogen-bond donors (Lipinski definition) is 7. The van der Waals surface area contributed by atoms with Gasteiger partial charge < -0.3 is 36.4 Å². The van der Waals surface area contributed by atoms with Crippen LogP contribution in [0.25, 0.3) is 0 Å². The maximum Gasteiger partial charge on any atom is 0.317 e. The molecule has 112 valence electrons. The van der Waals surface area contributed by atoms with Crippen molar-refractivity contribution < 1.29 is 35.4 Å². The van der Waals surface area contributed by atoms with Crippen molar-refractivity contribution in [1.29, 1.82) is 0 Å². The molecule has 0 fully saturated rings. The van der Waals surface area contributed by atoms with Gasteiger partial charge in [0.1, 0.15) is 6.10 Å². The minimum atomic E-state index is -0.968. The van der Waals surface area contributed by atoms with Crippen molar-refractivity contribution in [2.24, 2.45) is 11.1 Å². The Hall–Kier alpha value is -0.770. The number of aliphatic hydroxyl groups is 5. The summed E-state index contributed by atoms with van der Waals surface area (Å²) in [5, 5.41) is 48.5. The highest BCUT2D eigenvalue weighted by molar-refractivity contribution is 5.68. The molecule has 18 heavy (non-hydrogen) atoms. The Kier molecular flexibility index (Phi) is 17.8. The van der Waals surface area contributed by atoms with Crippen LogP contribution in [-0.2, 0) is 4.79 Å². The van der Waals surface area contributed by atoms with Crippen LogP contribution in [0.15, 0.2) is 0 Å². The van der Waals surface area contributed by atoms with Crippen molar-refractivity contribution in [3.05, 3.63) is 0 Å². The van der Waals surface area contributed by atoms with Gasteiger partial charge in [-0.3, -0.25) is 4.79 Å². The molecule has 0 unspecified atom stereocenters. The fraction of sp³-hybridized carbons (Fsp3) is 0.900. The predicted octanol–water partition coefficient (Wildman–Crippen LogP) is -2.64. The van der Waals surface area contributed by atoms with Gasteiger partial charge in [0.25, 0.3) is 0 Å². The molecule has 0 amide bonds. The third-order valence-electron chi connectivity index (χ3n) is 1.45. The first-order chi connectivity index (χ1) is 8.20. The summed E-state index contributed by atoms with van der Waals surface area (Å²) in [5.41, 5.74) is 4.27. The zero-order valence-corrected chi connectivity index (χ0v) is 10.8. The summed E-state index contributed by atoms with van der Waals surface area (Å²) >= 11 is 0. The summed E-state index contributed by atoms with van der Waals surface area (Å²) in [4.78, 5) is 9.24. The minimum absolute atomic E-state index is 0.0451. The lowest BCUT2D eigenvalue weighted by Crippen LogP contribution is -2.20. The molecule has 0 radical (unpaired) electrons. The average Bonchev–Trinajstić information content (AvgIpc) is 2.39. The first-order valence-electron chi connectivity index (χ1n) is 5.24. The zero-order chi connectivity index (χ0) is 15.2. The average molecular weight is 271 g/mol. The fourth-order valence-corrected chi connectivity index (χ4v) is 0.108. The third-order valence-corrected chi connectivity index (χ3v) is 1.45. The molecule has 0 atom stereocenters. The standard InChI is InChI=1S/C5H12O2.C3H8O3.C2H5NO2/c1-5(2,3-6)4-7;4-1-3(6)2-5;3-1-2(4)5/h6-7H,3-4H2,1-2H3;3-6H,1-2H2;1,3H2,(H,4,5). The second-order valence-electron chi connectivity index (χ2n) is 4.10. The van der Waals surface area contributed by atoms with Crippen LogP contribution in [0.1, 0.15) is 13.8 Å². The molecule has 8 nitrogen and oxygen atoms in total. The Morgan fingerprint density at radius 1 is 1.11 bits per heavy atom. The molecule has 0 aliphatic heterocycles. The van der Waals surface area contributed by atoms with Gasteiger partial charge in [-0.25, -0.2) is 0 Å². The van der Waals surface area contributed by atoms with E-state index in [1.807, 2.05) is 0 Å². The maximum absolute atomic E-state index is 9.24. The number of carboxylic acid groups (broad SMARTS) is 1. The topological polar surface area (TPSA) is 164 Å². The molecule has 0 saturated carbocycles. The number of carboxylic acids is 1. The quantitative estimate of drug-likeness (QED) is 0.285. The second kappa shape index (κ2) is 14.3. The summed E-state index contributed by atoms with van der Waals surface area (Å²) < 4.78 is 0. The Balaban J connectivity index is -0.000000190. The number of carbonyl (C=O) groups is 1. The SMILES string of the molecule is CC(C)(CO)CO.NCC(=O)O.OCC(O)CO. The van der Waals surface area contributed by atoms with Crippen molar-refractivity contribution in [2.45, 2.75) is 20.0 Å². The van der Waals surface area contributed by atoms with Crippen LogP contribution in [0.4, 0.5) is 0 Å². The lowest BCUT2D eigenvalue weighted by atomic mass is 9.97. The van der Waals surface area contributed by atoms with Crippen molar-refractivity contribution in [3.63, 3.8) is 0 Å².